The van der Waals surface area contributed by atoms with Gasteiger partial charge in [-0.15, -0.1) is 0 Å². The molecule has 1 atom stereocenters. The molecule has 0 unspecified atom stereocenters. The Balaban J connectivity index is 2.32. The summed E-state index contributed by atoms with van der Waals surface area (Å²) in [6, 6.07) is 11.5. The first-order valence-corrected chi connectivity index (χ1v) is 7.45. The van der Waals surface area contributed by atoms with Gasteiger partial charge in [0.2, 0.25) is 5.91 Å². The van der Waals surface area contributed by atoms with Crippen LogP contribution in [0, 0.1) is 10.1 Å². The Morgan fingerprint density at radius 3 is 2.46 bits per heavy atom. The number of ether oxygens (including phenoxy) is 1. The van der Waals surface area contributed by atoms with Gasteiger partial charge in [0.25, 0.3) is 5.69 Å². The highest BCUT2D eigenvalue weighted by atomic mass is 16.6. The molecule has 0 heterocycles. The molecule has 126 valence electrons. The number of nitrogens with zero attached hydrogens (tertiary/aromatic N) is 1. The predicted octanol–water partition coefficient (Wildman–Crippen LogP) is 3.27. The van der Waals surface area contributed by atoms with Crippen molar-refractivity contribution >= 4 is 17.3 Å². The van der Waals surface area contributed by atoms with E-state index >= 15 is 0 Å². The number of nitro benzene ring substituents is 1. The van der Waals surface area contributed by atoms with E-state index < -0.39 is 10.8 Å². The fourth-order valence-corrected chi connectivity index (χ4v) is 2.40. The number of hydrogen-bond donors (Lipinski definition) is 2. The van der Waals surface area contributed by atoms with Crippen molar-refractivity contribution in [1.29, 1.82) is 0 Å². The van der Waals surface area contributed by atoms with Crippen LogP contribution in [0.5, 0.6) is 5.75 Å². The molecule has 7 nitrogen and oxygen atoms in total. The highest BCUT2D eigenvalue weighted by molar-refractivity contribution is 5.94. The van der Waals surface area contributed by atoms with Gasteiger partial charge < -0.3 is 15.8 Å². The number of primary amides is 1. The zero-order valence-electron chi connectivity index (χ0n) is 13.5. The van der Waals surface area contributed by atoms with Crippen molar-refractivity contribution < 1.29 is 14.5 Å². The molecule has 0 aliphatic rings. The summed E-state index contributed by atoms with van der Waals surface area (Å²) < 4.78 is 5.13. The topological polar surface area (TPSA) is 107 Å². The molecule has 3 N–H and O–H groups in total. The van der Waals surface area contributed by atoms with Gasteiger partial charge in [0.05, 0.1) is 18.1 Å². The molecule has 24 heavy (non-hydrogen) atoms. The third-order valence-corrected chi connectivity index (χ3v) is 3.74. The number of amides is 1. The smallest absolute Gasteiger partial charge is 0.293 e. The minimum absolute atomic E-state index is 0.102. The van der Waals surface area contributed by atoms with Gasteiger partial charge in [-0.25, -0.2) is 0 Å². The molecule has 2 rings (SSSR count). The number of hydrogen-bond acceptors (Lipinski definition) is 5. The zero-order valence-corrected chi connectivity index (χ0v) is 13.5. The maximum Gasteiger partial charge on any atom is 0.293 e. The quantitative estimate of drug-likeness (QED) is 0.599. The van der Waals surface area contributed by atoms with Crippen molar-refractivity contribution in [2.75, 3.05) is 12.4 Å². The van der Waals surface area contributed by atoms with E-state index in [1.807, 2.05) is 31.2 Å². The van der Waals surface area contributed by atoms with Crippen molar-refractivity contribution in [2.24, 2.45) is 5.73 Å². The fraction of sp³-hybridized carbons (Fsp3) is 0.235. The molecule has 0 aromatic heterocycles. The lowest BCUT2D eigenvalue weighted by molar-refractivity contribution is -0.384. The van der Waals surface area contributed by atoms with Crippen molar-refractivity contribution in [3.8, 4) is 5.75 Å². The molecule has 2 aromatic carbocycles. The van der Waals surface area contributed by atoms with E-state index in [-0.39, 0.29) is 17.3 Å². The molecule has 0 saturated heterocycles. The zero-order chi connectivity index (χ0) is 17.7. The average molecular weight is 329 g/mol. The van der Waals surface area contributed by atoms with Crippen molar-refractivity contribution in [3.63, 3.8) is 0 Å². The van der Waals surface area contributed by atoms with Crippen LogP contribution < -0.4 is 15.8 Å². The molecular weight excluding hydrogens is 310 g/mol. The van der Waals surface area contributed by atoms with Gasteiger partial charge in [-0.3, -0.25) is 14.9 Å². The second-order valence-electron chi connectivity index (χ2n) is 5.23. The minimum Gasteiger partial charge on any atom is -0.497 e. The Morgan fingerprint density at radius 1 is 1.29 bits per heavy atom. The second-order valence-corrected chi connectivity index (χ2v) is 5.23. The summed E-state index contributed by atoms with van der Waals surface area (Å²) in [7, 11) is 1.59. The van der Waals surface area contributed by atoms with Crippen LogP contribution in [0.2, 0.25) is 0 Å². The third kappa shape index (κ3) is 3.81. The van der Waals surface area contributed by atoms with Crippen molar-refractivity contribution in [3.05, 3.63) is 63.7 Å². The lowest BCUT2D eigenvalue weighted by Crippen LogP contribution is -2.14. The molecule has 2 aromatic rings. The Morgan fingerprint density at radius 2 is 1.96 bits per heavy atom. The van der Waals surface area contributed by atoms with Crippen molar-refractivity contribution in [1.82, 2.24) is 0 Å². The number of nitro groups is 1. The lowest BCUT2D eigenvalue weighted by Gasteiger charge is -2.19. The summed E-state index contributed by atoms with van der Waals surface area (Å²) in [4.78, 5) is 22.0. The molecule has 0 saturated carbocycles. The summed E-state index contributed by atoms with van der Waals surface area (Å²) in [5.74, 6) is 0.0391. The van der Waals surface area contributed by atoms with Crippen LogP contribution in [0.25, 0.3) is 0 Å². The standard InChI is InChI=1S/C17H19N3O4/c1-3-14(11-4-7-13(24-2)8-5-11)19-15-9-6-12(17(18)21)10-16(15)20(22)23/h4-10,14,19H,3H2,1-2H3,(H2,18,21)/t14-/m0/s1. The largest absolute Gasteiger partial charge is 0.497 e. The number of methoxy groups -OCH3 is 1. The minimum atomic E-state index is -0.702. The van der Waals surface area contributed by atoms with E-state index in [1.165, 1.54) is 18.2 Å². The third-order valence-electron chi connectivity index (χ3n) is 3.74. The Hall–Kier alpha value is -3.09. The van der Waals surface area contributed by atoms with Crippen molar-refractivity contribution in [2.45, 2.75) is 19.4 Å². The van der Waals surface area contributed by atoms with Gasteiger partial charge >= 0.3 is 0 Å². The fourth-order valence-electron chi connectivity index (χ4n) is 2.40. The van der Waals surface area contributed by atoms with Crippen LogP contribution in [-0.4, -0.2) is 17.9 Å². The maximum absolute atomic E-state index is 11.3. The molecule has 0 bridgehead atoms. The number of anilines is 1. The van der Waals surface area contributed by atoms with Crippen LogP contribution in [0.4, 0.5) is 11.4 Å². The second kappa shape index (κ2) is 7.45. The molecule has 0 aliphatic heterocycles. The SMILES string of the molecule is CC[C@H](Nc1ccc(C(N)=O)cc1[N+](=O)[O-])c1ccc(OC)cc1. The monoisotopic (exact) mass is 329 g/mol. The number of nitrogens with one attached hydrogen (secondary N) is 1. The van der Waals surface area contributed by atoms with Crippen LogP contribution in [0.1, 0.15) is 35.3 Å². The summed E-state index contributed by atoms with van der Waals surface area (Å²) in [6.45, 7) is 1.98. The van der Waals surface area contributed by atoms with Gasteiger partial charge in [0.15, 0.2) is 0 Å². The first kappa shape index (κ1) is 17.3. The van der Waals surface area contributed by atoms with Gasteiger partial charge in [-0.2, -0.15) is 0 Å². The maximum atomic E-state index is 11.3. The van der Waals surface area contributed by atoms with E-state index in [0.717, 1.165) is 17.7 Å². The number of carbonyl (C=O) groups excluding carboxylic acids is 1. The van der Waals surface area contributed by atoms with Gasteiger partial charge in [0.1, 0.15) is 11.4 Å². The Bertz CT molecular complexity index is 744. The normalized spacial score (nSPS) is 11.6. The molecule has 0 fully saturated rings. The number of rotatable bonds is 7. The van der Waals surface area contributed by atoms with Crippen LogP contribution in [-0.2, 0) is 0 Å². The van der Waals surface area contributed by atoms with E-state index in [1.54, 1.807) is 7.11 Å². The predicted molar refractivity (Wildman–Crippen MR) is 91.3 cm³/mol. The first-order valence-electron chi connectivity index (χ1n) is 7.45. The van der Waals surface area contributed by atoms with E-state index in [2.05, 4.69) is 5.32 Å². The number of carbonyl (C=O) groups is 1. The molecule has 0 aliphatic carbocycles. The highest BCUT2D eigenvalue weighted by Gasteiger charge is 2.19. The van der Waals surface area contributed by atoms with E-state index in [0.29, 0.717) is 5.69 Å². The van der Waals surface area contributed by atoms with E-state index in [4.69, 9.17) is 10.5 Å². The molecule has 0 radical (unpaired) electrons. The molecular formula is C17H19N3O4. The molecule has 0 spiro atoms. The van der Waals surface area contributed by atoms with E-state index in [9.17, 15) is 14.9 Å². The van der Waals surface area contributed by atoms with Gasteiger partial charge in [-0.1, -0.05) is 19.1 Å². The van der Waals surface area contributed by atoms with Gasteiger partial charge in [-0.05, 0) is 36.2 Å². The van der Waals surface area contributed by atoms with Crippen LogP contribution >= 0.6 is 0 Å². The molecule has 7 heteroatoms. The summed E-state index contributed by atoms with van der Waals surface area (Å²) >= 11 is 0. The van der Waals surface area contributed by atoms with Crippen LogP contribution in [0.3, 0.4) is 0 Å². The Labute approximate surface area is 139 Å². The number of benzene rings is 2. The summed E-state index contributed by atoms with van der Waals surface area (Å²) in [5, 5.41) is 14.4. The first-order chi connectivity index (χ1) is 11.5. The molecule has 1 amide bonds. The lowest BCUT2D eigenvalue weighted by atomic mass is 10.0. The Kier molecular flexibility index (Phi) is 5.36. The van der Waals surface area contributed by atoms with Gasteiger partial charge in [0, 0.05) is 11.6 Å². The summed E-state index contributed by atoms with van der Waals surface area (Å²) in [5.41, 5.74) is 6.42. The highest BCUT2D eigenvalue weighted by Crippen LogP contribution is 2.31. The average Bonchev–Trinajstić information content (AvgIpc) is 2.59. The van der Waals surface area contributed by atoms with Crippen LogP contribution in [0.15, 0.2) is 42.5 Å². The number of nitrogens with two attached hydrogens (primary N) is 1. The summed E-state index contributed by atoms with van der Waals surface area (Å²) in [6.07, 6.45) is 0.723.